The van der Waals surface area contributed by atoms with Crippen molar-refractivity contribution in [3.63, 3.8) is 0 Å². The van der Waals surface area contributed by atoms with Gasteiger partial charge in [-0.1, -0.05) is 18.2 Å². The van der Waals surface area contributed by atoms with Gasteiger partial charge in [-0.05, 0) is 25.0 Å². The van der Waals surface area contributed by atoms with Crippen LogP contribution in [0.5, 0.6) is 0 Å². The zero-order valence-electron chi connectivity index (χ0n) is 14.0. The average Bonchev–Trinajstić information content (AvgIpc) is 3.31. The van der Waals surface area contributed by atoms with E-state index in [2.05, 4.69) is 15.0 Å². The third-order valence-electron chi connectivity index (χ3n) is 4.61. The number of hydrogen-bond acceptors (Lipinski definition) is 4. The third kappa shape index (κ3) is 2.80. The number of aromatic nitrogens is 4. The smallest absolute Gasteiger partial charge is 0.254 e. The van der Waals surface area contributed by atoms with Crippen molar-refractivity contribution in [2.75, 3.05) is 6.54 Å². The van der Waals surface area contributed by atoms with Crippen molar-refractivity contribution in [3.8, 4) is 11.5 Å². The van der Waals surface area contributed by atoms with Crippen LogP contribution >= 0.6 is 0 Å². The van der Waals surface area contributed by atoms with E-state index >= 15 is 0 Å². The monoisotopic (exact) mass is 333 g/mol. The highest BCUT2D eigenvalue weighted by atomic mass is 16.2. The molecular weight excluding hydrogens is 314 g/mol. The van der Waals surface area contributed by atoms with Crippen LogP contribution in [0.3, 0.4) is 0 Å². The van der Waals surface area contributed by atoms with Crippen LogP contribution in [0, 0.1) is 0 Å². The molecule has 126 valence electrons. The van der Waals surface area contributed by atoms with E-state index in [0.29, 0.717) is 5.56 Å². The van der Waals surface area contributed by atoms with Crippen molar-refractivity contribution in [1.29, 1.82) is 0 Å². The van der Waals surface area contributed by atoms with E-state index in [1.165, 1.54) is 0 Å². The van der Waals surface area contributed by atoms with Crippen molar-refractivity contribution in [2.24, 2.45) is 7.05 Å². The van der Waals surface area contributed by atoms with E-state index in [1.807, 2.05) is 53.0 Å². The first kappa shape index (κ1) is 15.5. The Hall–Kier alpha value is -3.02. The molecule has 0 bridgehead atoms. The summed E-state index contributed by atoms with van der Waals surface area (Å²) in [4.78, 5) is 28.3. The lowest BCUT2D eigenvalue weighted by Crippen LogP contribution is -2.31. The van der Waals surface area contributed by atoms with Crippen LogP contribution < -0.4 is 0 Å². The Morgan fingerprint density at radius 2 is 1.88 bits per heavy atom. The van der Waals surface area contributed by atoms with Gasteiger partial charge in [0.15, 0.2) is 5.82 Å². The number of rotatable bonds is 3. The highest BCUT2D eigenvalue weighted by molar-refractivity contribution is 5.94. The lowest BCUT2D eigenvalue weighted by atomic mass is 10.1. The number of nitrogens with zero attached hydrogens (tertiary/aromatic N) is 5. The van der Waals surface area contributed by atoms with Crippen molar-refractivity contribution in [3.05, 3.63) is 66.4 Å². The molecule has 4 rings (SSSR count). The zero-order chi connectivity index (χ0) is 17.2. The Morgan fingerprint density at radius 1 is 1.08 bits per heavy atom. The highest BCUT2D eigenvalue weighted by Gasteiger charge is 2.34. The second-order valence-corrected chi connectivity index (χ2v) is 6.17. The molecule has 6 nitrogen and oxygen atoms in total. The first-order valence-electron chi connectivity index (χ1n) is 8.40. The second kappa shape index (κ2) is 6.47. The van der Waals surface area contributed by atoms with Gasteiger partial charge in [-0.3, -0.25) is 9.78 Å². The minimum atomic E-state index is -0.0758. The minimum Gasteiger partial charge on any atom is -0.333 e. The molecule has 0 unspecified atom stereocenters. The summed E-state index contributed by atoms with van der Waals surface area (Å²) in [5, 5.41) is 0. The van der Waals surface area contributed by atoms with E-state index in [1.54, 1.807) is 18.6 Å². The molecule has 1 atom stereocenters. The molecule has 3 aromatic rings. The summed E-state index contributed by atoms with van der Waals surface area (Å²) in [5.41, 5.74) is 2.27. The summed E-state index contributed by atoms with van der Waals surface area (Å²) in [6.07, 6.45) is 8.83. The van der Waals surface area contributed by atoms with Crippen LogP contribution in [0.25, 0.3) is 11.5 Å². The molecule has 1 fully saturated rings. The fraction of sp³-hybridized carbons (Fsp3) is 0.263. The molecule has 3 heterocycles. The van der Waals surface area contributed by atoms with Gasteiger partial charge in [0.25, 0.3) is 5.91 Å². The summed E-state index contributed by atoms with van der Waals surface area (Å²) in [6.45, 7) is 0.731. The Balaban J connectivity index is 1.72. The quantitative estimate of drug-likeness (QED) is 0.739. The van der Waals surface area contributed by atoms with E-state index in [9.17, 15) is 4.79 Å². The molecular formula is C19H19N5O. The number of carbonyl (C=O) groups excluding carboxylic acids is 1. The summed E-state index contributed by atoms with van der Waals surface area (Å²) >= 11 is 0. The van der Waals surface area contributed by atoms with E-state index in [0.717, 1.165) is 36.6 Å². The standard InChI is InChI=1S/C19H19N5O/c1-23-13-11-22-18(23)17-16(20-9-10-21-17)15-8-5-12-24(15)19(25)14-6-3-2-4-7-14/h2-4,6-7,9-11,13,15H,5,8,12H2,1H3/t15-/m1/s1. The topological polar surface area (TPSA) is 63.9 Å². The van der Waals surface area contributed by atoms with Crippen LogP contribution in [0.15, 0.2) is 55.1 Å². The molecule has 6 heteroatoms. The van der Waals surface area contributed by atoms with E-state index in [-0.39, 0.29) is 11.9 Å². The summed E-state index contributed by atoms with van der Waals surface area (Å²) in [5.74, 6) is 0.807. The van der Waals surface area contributed by atoms with Crippen molar-refractivity contribution in [1.82, 2.24) is 24.4 Å². The van der Waals surface area contributed by atoms with Gasteiger partial charge in [-0.15, -0.1) is 0 Å². The number of hydrogen-bond donors (Lipinski definition) is 0. The van der Waals surface area contributed by atoms with Gasteiger partial charge in [0, 0.05) is 43.9 Å². The molecule has 25 heavy (non-hydrogen) atoms. The molecule has 1 aromatic carbocycles. The Morgan fingerprint density at radius 3 is 2.64 bits per heavy atom. The van der Waals surface area contributed by atoms with Crippen molar-refractivity contribution in [2.45, 2.75) is 18.9 Å². The maximum Gasteiger partial charge on any atom is 0.254 e. The minimum absolute atomic E-state index is 0.0412. The lowest BCUT2D eigenvalue weighted by Gasteiger charge is -2.25. The molecule has 1 amide bonds. The maximum absolute atomic E-state index is 13.0. The predicted octanol–water partition coefficient (Wildman–Crippen LogP) is 2.85. The molecule has 1 aliphatic heterocycles. The largest absolute Gasteiger partial charge is 0.333 e. The first-order chi connectivity index (χ1) is 12.3. The number of aryl methyl sites for hydroxylation is 1. The molecule has 1 aliphatic rings. The number of imidazole rings is 1. The molecule has 0 N–H and O–H groups in total. The van der Waals surface area contributed by atoms with Crippen LogP contribution in [0.4, 0.5) is 0 Å². The Kier molecular flexibility index (Phi) is 4.01. The number of benzene rings is 1. The van der Waals surface area contributed by atoms with Gasteiger partial charge in [0.05, 0.1) is 11.7 Å². The maximum atomic E-state index is 13.0. The van der Waals surface area contributed by atoms with E-state index < -0.39 is 0 Å². The highest BCUT2D eigenvalue weighted by Crippen LogP contribution is 2.35. The van der Waals surface area contributed by atoms with Crippen LogP contribution in [0.1, 0.15) is 34.9 Å². The predicted molar refractivity (Wildman–Crippen MR) is 93.7 cm³/mol. The molecule has 0 spiro atoms. The molecule has 0 saturated carbocycles. The second-order valence-electron chi connectivity index (χ2n) is 6.17. The van der Waals surface area contributed by atoms with Gasteiger partial charge in [-0.25, -0.2) is 9.97 Å². The average molecular weight is 333 g/mol. The molecule has 2 aromatic heterocycles. The van der Waals surface area contributed by atoms with Crippen molar-refractivity contribution < 1.29 is 4.79 Å². The summed E-state index contributed by atoms with van der Waals surface area (Å²) in [6, 6.07) is 9.33. The Labute approximate surface area is 146 Å². The number of likely N-dealkylation sites (tertiary alicyclic amines) is 1. The number of amides is 1. The van der Waals surface area contributed by atoms with Gasteiger partial charge in [0.1, 0.15) is 5.69 Å². The van der Waals surface area contributed by atoms with Crippen molar-refractivity contribution >= 4 is 5.91 Å². The number of carbonyl (C=O) groups is 1. The van der Waals surface area contributed by atoms with Gasteiger partial charge >= 0.3 is 0 Å². The third-order valence-corrected chi connectivity index (χ3v) is 4.61. The fourth-order valence-electron chi connectivity index (χ4n) is 3.40. The van der Waals surface area contributed by atoms with Gasteiger partial charge < -0.3 is 9.47 Å². The van der Waals surface area contributed by atoms with E-state index in [4.69, 9.17) is 0 Å². The normalized spacial score (nSPS) is 17.0. The van der Waals surface area contributed by atoms with Gasteiger partial charge in [0.2, 0.25) is 0 Å². The molecule has 1 saturated heterocycles. The molecule has 0 aliphatic carbocycles. The van der Waals surface area contributed by atoms with Crippen LogP contribution in [-0.2, 0) is 7.05 Å². The fourth-order valence-corrected chi connectivity index (χ4v) is 3.40. The van der Waals surface area contributed by atoms with Gasteiger partial charge in [-0.2, -0.15) is 0 Å². The first-order valence-corrected chi connectivity index (χ1v) is 8.40. The summed E-state index contributed by atoms with van der Waals surface area (Å²) < 4.78 is 1.92. The Bertz CT molecular complexity index is 890. The molecule has 0 radical (unpaired) electrons. The van der Waals surface area contributed by atoms with Crippen LogP contribution in [0.2, 0.25) is 0 Å². The lowest BCUT2D eigenvalue weighted by molar-refractivity contribution is 0.0733. The zero-order valence-corrected chi connectivity index (χ0v) is 14.0. The van der Waals surface area contributed by atoms with Crippen LogP contribution in [-0.4, -0.2) is 36.9 Å². The SMILES string of the molecule is Cn1ccnc1-c1nccnc1[C@H]1CCCN1C(=O)c1ccccc1. The summed E-state index contributed by atoms with van der Waals surface area (Å²) in [7, 11) is 1.93.